The van der Waals surface area contributed by atoms with Crippen LogP contribution in [0.5, 0.6) is 0 Å². The minimum absolute atomic E-state index is 0.661. The topological polar surface area (TPSA) is 35.6 Å². The molecule has 0 saturated heterocycles. The van der Waals surface area contributed by atoms with Crippen molar-refractivity contribution < 1.29 is 0 Å². The summed E-state index contributed by atoms with van der Waals surface area (Å²) in [5.74, 6) is 0.661. The van der Waals surface area contributed by atoms with Crippen molar-refractivity contribution in [3.05, 3.63) is 206 Å². The van der Waals surface area contributed by atoms with Crippen molar-refractivity contribution in [3.63, 3.8) is 0 Å². The van der Waals surface area contributed by atoms with E-state index in [0.29, 0.717) is 5.95 Å². The number of nitrogens with zero attached hydrogens (tertiary/aromatic N) is 4. The third-order valence-corrected chi connectivity index (χ3v) is 11.7. The first-order valence-electron chi connectivity index (χ1n) is 19.8. The molecule has 0 atom stereocenters. The van der Waals surface area contributed by atoms with Gasteiger partial charge in [0, 0.05) is 43.6 Å². The van der Waals surface area contributed by atoms with Gasteiger partial charge in [0.15, 0.2) is 0 Å². The van der Waals surface area contributed by atoms with Crippen molar-refractivity contribution in [2.24, 2.45) is 0 Å². The van der Waals surface area contributed by atoms with Gasteiger partial charge in [-0.1, -0.05) is 152 Å². The quantitative estimate of drug-likeness (QED) is 0.176. The first-order valence-corrected chi connectivity index (χ1v) is 19.8. The van der Waals surface area contributed by atoms with Gasteiger partial charge in [0.25, 0.3) is 0 Å². The summed E-state index contributed by atoms with van der Waals surface area (Å²) in [4.78, 5) is 10.4. The van der Waals surface area contributed by atoms with Crippen molar-refractivity contribution in [3.8, 4) is 45.1 Å². The predicted molar refractivity (Wildman–Crippen MR) is 242 cm³/mol. The highest BCUT2D eigenvalue weighted by Crippen LogP contribution is 2.42. The van der Waals surface area contributed by atoms with E-state index in [1.54, 1.807) is 0 Å². The Morgan fingerprint density at radius 1 is 0.310 bits per heavy atom. The van der Waals surface area contributed by atoms with Crippen LogP contribution in [0.15, 0.2) is 206 Å². The van der Waals surface area contributed by atoms with Gasteiger partial charge in [-0.05, 0) is 82.2 Å². The molecule has 0 bridgehead atoms. The van der Waals surface area contributed by atoms with E-state index in [-0.39, 0.29) is 0 Å². The Labute approximate surface area is 334 Å². The Balaban J connectivity index is 1.04. The van der Waals surface area contributed by atoms with Crippen LogP contribution in [0.3, 0.4) is 0 Å². The van der Waals surface area contributed by atoms with Crippen molar-refractivity contribution in [1.29, 1.82) is 0 Å². The van der Waals surface area contributed by atoms with Gasteiger partial charge in [-0.3, -0.25) is 4.57 Å². The summed E-state index contributed by atoms with van der Waals surface area (Å²) in [6.07, 6.45) is 0. The van der Waals surface area contributed by atoms with Gasteiger partial charge in [-0.2, -0.15) is 0 Å². The third kappa shape index (κ3) is 4.95. The molecule has 4 nitrogen and oxygen atoms in total. The van der Waals surface area contributed by atoms with Gasteiger partial charge in [0.05, 0.1) is 33.3 Å². The molecule has 0 saturated carbocycles. The number of para-hydroxylation sites is 4. The number of fused-ring (bicyclic) bond motifs is 9. The van der Waals surface area contributed by atoms with Gasteiger partial charge in [0.1, 0.15) is 0 Å². The monoisotopic (exact) mass is 738 g/mol. The molecule has 0 radical (unpaired) electrons. The number of hydrogen-bond acceptors (Lipinski definition) is 2. The van der Waals surface area contributed by atoms with Crippen LogP contribution in [-0.4, -0.2) is 19.1 Å². The number of benzene rings is 9. The highest BCUT2D eigenvalue weighted by atomic mass is 15.2. The normalized spacial score (nSPS) is 11.8. The van der Waals surface area contributed by atoms with Crippen LogP contribution in [0, 0.1) is 0 Å². The van der Waals surface area contributed by atoms with E-state index in [0.717, 1.165) is 49.8 Å². The second-order valence-electron chi connectivity index (χ2n) is 15.0. The minimum atomic E-state index is 0.661. The van der Waals surface area contributed by atoms with Crippen LogP contribution in [0.2, 0.25) is 0 Å². The van der Waals surface area contributed by atoms with Crippen molar-refractivity contribution >= 4 is 65.3 Å². The fourth-order valence-electron chi connectivity index (χ4n) is 9.12. The fourth-order valence-corrected chi connectivity index (χ4v) is 9.12. The van der Waals surface area contributed by atoms with Crippen LogP contribution in [0.1, 0.15) is 0 Å². The predicted octanol–water partition coefficient (Wildman–Crippen LogP) is 14.0. The number of hydrogen-bond donors (Lipinski definition) is 0. The zero-order valence-corrected chi connectivity index (χ0v) is 31.4. The first kappa shape index (κ1) is 32.4. The van der Waals surface area contributed by atoms with Crippen LogP contribution >= 0.6 is 0 Å². The summed E-state index contributed by atoms with van der Waals surface area (Å²) in [6, 6.07) is 73.9. The molecular weight excluding hydrogens is 705 g/mol. The summed E-state index contributed by atoms with van der Waals surface area (Å²) in [5, 5.41) is 8.33. The van der Waals surface area contributed by atoms with Crippen molar-refractivity contribution in [1.82, 2.24) is 19.1 Å². The zero-order chi connectivity index (χ0) is 38.2. The lowest BCUT2D eigenvalue weighted by atomic mass is 9.93. The number of rotatable bonds is 5. The second-order valence-corrected chi connectivity index (χ2v) is 15.0. The molecule has 0 aliphatic rings. The SMILES string of the molecule is c1ccc(-c2nc(-n3c4ccccc4c4cc(-c5cccc(-c6cc7c8ccccc8n(-c8ccccc8)c7c7ccccc67)c5)ccc43)nc3ccccc23)cc1. The minimum Gasteiger partial charge on any atom is -0.309 e. The van der Waals surface area contributed by atoms with Crippen LogP contribution in [-0.2, 0) is 0 Å². The molecular formula is C54H34N4. The van der Waals surface area contributed by atoms with Crippen molar-refractivity contribution in [2.75, 3.05) is 0 Å². The van der Waals surface area contributed by atoms with E-state index in [4.69, 9.17) is 9.97 Å². The van der Waals surface area contributed by atoms with E-state index < -0.39 is 0 Å². The lowest BCUT2D eigenvalue weighted by Gasteiger charge is -2.14. The van der Waals surface area contributed by atoms with E-state index in [1.807, 2.05) is 12.1 Å². The first-order chi connectivity index (χ1) is 28.8. The third-order valence-electron chi connectivity index (χ3n) is 11.7. The molecule has 0 amide bonds. The summed E-state index contributed by atoms with van der Waals surface area (Å²) in [7, 11) is 0. The maximum Gasteiger partial charge on any atom is 0.235 e. The highest BCUT2D eigenvalue weighted by molar-refractivity contribution is 6.22. The van der Waals surface area contributed by atoms with Gasteiger partial charge in [-0.25, -0.2) is 9.97 Å². The molecule has 270 valence electrons. The Morgan fingerprint density at radius 3 is 1.67 bits per heavy atom. The molecule has 9 aromatic carbocycles. The molecule has 12 aromatic rings. The molecule has 4 heteroatoms. The van der Waals surface area contributed by atoms with Crippen LogP contribution in [0.4, 0.5) is 0 Å². The molecule has 12 rings (SSSR count). The summed E-state index contributed by atoms with van der Waals surface area (Å²) in [5.41, 5.74) is 13.4. The average Bonchev–Trinajstić information content (AvgIpc) is 3.82. The van der Waals surface area contributed by atoms with E-state index in [2.05, 4.69) is 203 Å². The molecule has 0 fully saturated rings. The summed E-state index contributed by atoms with van der Waals surface area (Å²) >= 11 is 0. The van der Waals surface area contributed by atoms with Gasteiger partial charge >= 0.3 is 0 Å². The van der Waals surface area contributed by atoms with Gasteiger partial charge < -0.3 is 4.57 Å². The second kappa shape index (κ2) is 12.9. The van der Waals surface area contributed by atoms with Gasteiger partial charge in [-0.15, -0.1) is 0 Å². The Kier molecular flexibility index (Phi) is 7.20. The Hall–Kier alpha value is -7.82. The summed E-state index contributed by atoms with van der Waals surface area (Å²) < 4.78 is 4.64. The largest absolute Gasteiger partial charge is 0.309 e. The Bertz CT molecular complexity index is 3560. The van der Waals surface area contributed by atoms with Crippen LogP contribution in [0.25, 0.3) is 110 Å². The highest BCUT2D eigenvalue weighted by Gasteiger charge is 2.20. The maximum atomic E-state index is 5.27. The maximum absolute atomic E-state index is 5.27. The number of aromatic nitrogens is 4. The molecule has 0 unspecified atom stereocenters. The van der Waals surface area contributed by atoms with Gasteiger partial charge in [0.2, 0.25) is 5.95 Å². The lowest BCUT2D eigenvalue weighted by Crippen LogP contribution is -2.03. The van der Waals surface area contributed by atoms with E-state index in [1.165, 1.54) is 54.7 Å². The van der Waals surface area contributed by atoms with Crippen LogP contribution < -0.4 is 0 Å². The smallest absolute Gasteiger partial charge is 0.235 e. The molecule has 0 aliphatic carbocycles. The lowest BCUT2D eigenvalue weighted by molar-refractivity contribution is 1.01. The van der Waals surface area contributed by atoms with E-state index >= 15 is 0 Å². The molecule has 3 heterocycles. The molecule has 3 aromatic heterocycles. The molecule has 58 heavy (non-hydrogen) atoms. The summed E-state index contributed by atoms with van der Waals surface area (Å²) in [6.45, 7) is 0. The Morgan fingerprint density at radius 2 is 0.879 bits per heavy atom. The standard InChI is InChI=1S/C54H34N4/c1-3-16-35(17-4-1)52-44-26-9-12-27-48(44)55-54(56-52)58-50-29-14-10-23-41(50)46-33-37(30-31-51(46)58)36-18-15-19-38(32-36)45-34-47-42-24-11-13-28-49(42)57(39-20-5-2-6-21-39)53(47)43-25-8-7-22-40(43)45/h1-34H. The average molecular weight is 739 g/mol. The zero-order valence-electron chi connectivity index (χ0n) is 31.4. The molecule has 0 aliphatic heterocycles. The fraction of sp³-hybridized carbons (Fsp3) is 0. The van der Waals surface area contributed by atoms with Crippen molar-refractivity contribution in [2.45, 2.75) is 0 Å². The molecule has 0 N–H and O–H groups in total. The van der Waals surface area contributed by atoms with E-state index in [9.17, 15) is 0 Å². The molecule has 0 spiro atoms.